The molecule has 0 radical (unpaired) electrons. The van der Waals surface area contributed by atoms with Gasteiger partial charge in [0.1, 0.15) is 29.5 Å². The van der Waals surface area contributed by atoms with Crippen molar-refractivity contribution in [2.45, 2.75) is 57.9 Å². The second kappa shape index (κ2) is 15.1. The molecule has 1 fully saturated rings. The van der Waals surface area contributed by atoms with E-state index in [1.807, 2.05) is 74.5 Å². The van der Waals surface area contributed by atoms with E-state index in [0.29, 0.717) is 11.4 Å². The molecule has 4 amide bonds. The third kappa shape index (κ3) is 8.66. The third-order valence-corrected chi connectivity index (χ3v) is 7.92. The molecule has 0 aliphatic carbocycles. The van der Waals surface area contributed by atoms with Gasteiger partial charge in [-0.2, -0.15) is 0 Å². The molecule has 0 saturated carbocycles. The quantitative estimate of drug-likeness (QED) is 0.221. The van der Waals surface area contributed by atoms with Gasteiger partial charge in [-0.1, -0.05) is 80.6 Å². The number of benzene rings is 2. The van der Waals surface area contributed by atoms with Crippen molar-refractivity contribution in [1.29, 1.82) is 0 Å². The van der Waals surface area contributed by atoms with Crippen LogP contribution < -0.4 is 16.1 Å². The zero-order valence-corrected chi connectivity index (χ0v) is 25.6. The van der Waals surface area contributed by atoms with Crippen molar-refractivity contribution in [3.63, 3.8) is 0 Å². The van der Waals surface area contributed by atoms with E-state index in [1.165, 1.54) is 16.3 Å². The number of alkyl carbamates (subject to hydrolysis) is 2. The van der Waals surface area contributed by atoms with Crippen LogP contribution in [0, 0.1) is 5.92 Å². The van der Waals surface area contributed by atoms with E-state index in [4.69, 9.17) is 9.47 Å². The fourth-order valence-corrected chi connectivity index (χ4v) is 5.63. The minimum atomic E-state index is -1.30. The molecular formula is C32H37N5O6S. The van der Waals surface area contributed by atoms with Crippen molar-refractivity contribution in [3.8, 4) is 0 Å². The van der Waals surface area contributed by atoms with Gasteiger partial charge < -0.3 is 20.1 Å². The van der Waals surface area contributed by atoms with Crippen LogP contribution in [0.4, 0.5) is 9.59 Å². The first-order valence-electron chi connectivity index (χ1n) is 14.3. The lowest BCUT2D eigenvalue weighted by Crippen LogP contribution is -2.56. The van der Waals surface area contributed by atoms with E-state index in [-0.39, 0.29) is 44.2 Å². The molecule has 1 aliphatic rings. The highest BCUT2D eigenvalue weighted by Gasteiger charge is 2.48. The summed E-state index contributed by atoms with van der Waals surface area (Å²) in [5.74, 6) is -0.849. The van der Waals surface area contributed by atoms with Crippen LogP contribution in [0.5, 0.6) is 0 Å². The Labute approximate surface area is 260 Å². The normalized spacial score (nSPS) is 16.7. The average molecular weight is 620 g/mol. The van der Waals surface area contributed by atoms with Crippen molar-refractivity contribution in [2.75, 3.05) is 6.54 Å². The first kappa shape index (κ1) is 32.2. The van der Waals surface area contributed by atoms with Crippen molar-refractivity contribution >= 4 is 35.3 Å². The maximum absolute atomic E-state index is 13.4. The van der Waals surface area contributed by atoms with Gasteiger partial charge in [0, 0.05) is 11.9 Å². The number of rotatable bonds is 13. The zero-order valence-electron chi connectivity index (χ0n) is 24.8. The third-order valence-electron chi connectivity index (χ3n) is 6.96. The van der Waals surface area contributed by atoms with Gasteiger partial charge in [0.05, 0.1) is 6.04 Å². The summed E-state index contributed by atoms with van der Waals surface area (Å²) in [4.78, 5) is 56.2. The standard InChI is InChI=1S/C32H37N5O6S/c1-4-15-32(35-31(41)43-20-24-13-9-6-10-14-24)16-17-37(29(32)39)36-27(38)26-21-44-28(33-26)25(18-22(2)3)34-30(40)42-19-23-11-7-5-8-12-23/h4-14,21-22,25H,1,15-20H2,2-3H3,(H,34,40)(H,35,41)(H,36,38)/t25-,32-/m0/s1. The molecule has 232 valence electrons. The summed E-state index contributed by atoms with van der Waals surface area (Å²) in [5, 5.41) is 8.84. The van der Waals surface area contributed by atoms with Crippen molar-refractivity contribution < 1.29 is 28.7 Å². The highest BCUT2D eigenvalue weighted by atomic mass is 32.1. The molecule has 2 aromatic carbocycles. The number of carbonyl (C=O) groups is 4. The van der Waals surface area contributed by atoms with Crippen LogP contribution in [-0.4, -0.2) is 46.1 Å². The van der Waals surface area contributed by atoms with Gasteiger partial charge in [0.2, 0.25) is 0 Å². The van der Waals surface area contributed by atoms with Gasteiger partial charge in [0.15, 0.2) is 0 Å². The predicted molar refractivity (Wildman–Crippen MR) is 165 cm³/mol. The average Bonchev–Trinajstić information content (AvgIpc) is 3.62. The molecule has 4 rings (SSSR count). The molecule has 12 heteroatoms. The summed E-state index contributed by atoms with van der Waals surface area (Å²) < 4.78 is 10.7. The summed E-state index contributed by atoms with van der Waals surface area (Å²) in [6.45, 7) is 8.11. The molecule has 0 bridgehead atoms. The van der Waals surface area contributed by atoms with Crippen LogP contribution in [-0.2, 0) is 27.5 Å². The van der Waals surface area contributed by atoms with Crippen LogP contribution in [0.25, 0.3) is 0 Å². The summed E-state index contributed by atoms with van der Waals surface area (Å²) in [7, 11) is 0. The van der Waals surface area contributed by atoms with Crippen LogP contribution >= 0.6 is 11.3 Å². The van der Waals surface area contributed by atoms with Gasteiger partial charge in [-0.25, -0.2) is 14.6 Å². The summed E-state index contributed by atoms with van der Waals surface area (Å²) in [6.07, 6.45) is 1.19. The first-order valence-corrected chi connectivity index (χ1v) is 15.2. The molecule has 3 N–H and O–H groups in total. The highest BCUT2D eigenvalue weighted by molar-refractivity contribution is 7.09. The monoisotopic (exact) mass is 619 g/mol. The minimum Gasteiger partial charge on any atom is -0.445 e. The maximum Gasteiger partial charge on any atom is 0.408 e. The number of carbonyl (C=O) groups excluding carboxylic acids is 4. The number of hydrogen-bond donors (Lipinski definition) is 3. The summed E-state index contributed by atoms with van der Waals surface area (Å²) >= 11 is 1.23. The van der Waals surface area contributed by atoms with Crippen molar-refractivity contribution in [1.82, 2.24) is 26.1 Å². The predicted octanol–water partition coefficient (Wildman–Crippen LogP) is 5.28. The van der Waals surface area contributed by atoms with E-state index >= 15 is 0 Å². The van der Waals surface area contributed by atoms with E-state index < -0.39 is 35.6 Å². The Hall–Kier alpha value is -4.71. The summed E-state index contributed by atoms with van der Waals surface area (Å²) in [6, 6.07) is 18.1. The number of nitrogens with one attached hydrogen (secondary N) is 3. The van der Waals surface area contributed by atoms with Gasteiger partial charge in [-0.15, -0.1) is 17.9 Å². The van der Waals surface area contributed by atoms with E-state index in [0.717, 1.165) is 11.1 Å². The molecule has 0 spiro atoms. The molecule has 3 aromatic rings. The molecule has 2 heterocycles. The number of hydrogen-bond acceptors (Lipinski definition) is 8. The minimum absolute atomic E-state index is 0.0506. The Balaban J connectivity index is 1.35. The zero-order chi connectivity index (χ0) is 31.5. The number of thiazole rings is 1. The van der Waals surface area contributed by atoms with Crippen LogP contribution in [0.3, 0.4) is 0 Å². The van der Waals surface area contributed by atoms with E-state index in [1.54, 1.807) is 11.5 Å². The fourth-order valence-electron chi connectivity index (χ4n) is 4.77. The highest BCUT2D eigenvalue weighted by Crippen LogP contribution is 2.28. The van der Waals surface area contributed by atoms with E-state index in [2.05, 4.69) is 27.6 Å². The second-order valence-corrected chi connectivity index (χ2v) is 11.8. The molecule has 0 unspecified atom stereocenters. The lowest BCUT2D eigenvalue weighted by atomic mass is 9.93. The Kier molecular flexibility index (Phi) is 11.1. The van der Waals surface area contributed by atoms with Gasteiger partial charge in [0.25, 0.3) is 11.8 Å². The lowest BCUT2D eigenvalue weighted by Gasteiger charge is -2.27. The summed E-state index contributed by atoms with van der Waals surface area (Å²) in [5.41, 5.74) is 3.08. The molecule has 2 atom stereocenters. The first-order chi connectivity index (χ1) is 21.2. The number of ether oxygens (including phenoxy) is 2. The van der Waals surface area contributed by atoms with Gasteiger partial charge in [-0.05, 0) is 36.3 Å². The SMILES string of the molecule is C=CC[C@]1(NC(=O)OCc2ccccc2)CCN(NC(=O)c2csc([C@H](CC(C)C)NC(=O)OCc3ccccc3)n2)C1=O. The Morgan fingerprint density at radius 2 is 1.64 bits per heavy atom. The second-order valence-electron chi connectivity index (χ2n) is 10.9. The molecule has 1 aromatic heterocycles. The largest absolute Gasteiger partial charge is 0.445 e. The number of nitrogens with zero attached hydrogens (tertiary/aromatic N) is 2. The smallest absolute Gasteiger partial charge is 0.408 e. The molecule has 1 aliphatic heterocycles. The lowest BCUT2D eigenvalue weighted by molar-refractivity contribution is -0.135. The Morgan fingerprint density at radius 3 is 2.23 bits per heavy atom. The van der Waals surface area contributed by atoms with Crippen LogP contribution in [0.1, 0.15) is 65.8 Å². The number of aromatic nitrogens is 1. The van der Waals surface area contributed by atoms with Crippen LogP contribution in [0.15, 0.2) is 78.7 Å². The van der Waals surface area contributed by atoms with Crippen molar-refractivity contribution in [2.24, 2.45) is 5.92 Å². The van der Waals surface area contributed by atoms with Gasteiger partial charge >= 0.3 is 12.2 Å². The Morgan fingerprint density at radius 1 is 1.02 bits per heavy atom. The fraction of sp³-hybridized carbons (Fsp3) is 0.344. The van der Waals surface area contributed by atoms with Crippen molar-refractivity contribution in [3.05, 3.63) is 101 Å². The molecule has 44 heavy (non-hydrogen) atoms. The molecule has 1 saturated heterocycles. The van der Waals surface area contributed by atoms with E-state index in [9.17, 15) is 19.2 Å². The number of amides is 4. The van der Waals surface area contributed by atoms with Gasteiger partial charge in [-0.3, -0.25) is 20.0 Å². The van der Waals surface area contributed by atoms with Crippen LogP contribution in [0.2, 0.25) is 0 Å². The molecular weight excluding hydrogens is 582 g/mol. The molecule has 11 nitrogen and oxygen atoms in total. The topological polar surface area (TPSA) is 139 Å². The maximum atomic E-state index is 13.4. The number of hydrazine groups is 1. The Bertz CT molecular complexity index is 1450.